The molecular weight excluding hydrogens is 254 g/mol. The second-order valence-electron chi connectivity index (χ2n) is 5.16. The van der Waals surface area contributed by atoms with Crippen LogP contribution in [0.25, 0.3) is 10.6 Å². The fourth-order valence-electron chi connectivity index (χ4n) is 2.63. The van der Waals surface area contributed by atoms with Gasteiger partial charge in [0.25, 0.3) is 0 Å². The van der Waals surface area contributed by atoms with Gasteiger partial charge in [0.1, 0.15) is 5.01 Å². The number of hydrogen-bond donors (Lipinski definition) is 1. The van der Waals surface area contributed by atoms with E-state index >= 15 is 0 Å². The minimum Gasteiger partial charge on any atom is -0.381 e. The van der Waals surface area contributed by atoms with Crippen LogP contribution >= 0.6 is 11.3 Å². The normalized spacial score (nSPS) is 20.4. The number of hydrogen-bond acceptors (Lipinski definition) is 4. The second-order valence-corrected chi connectivity index (χ2v) is 6.06. The van der Waals surface area contributed by atoms with Crippen LogP contribution in [0.3, 0.4) is 0 Å². The van der Waals surface area contributed by atoms with Gasteiger partial charge < -0.3 is 10.2 Å². The largest absolute Gasteiger partial charge is 0.381 e. The molecule has 1 aromatic heterocycles. The van der Waals surface area contributed by atoms with Gasteiger partial charge in [0.2, 0.25) is 0 Å². The lowest BCUT2D eigenvalue weighted by Crippen LogP contribution is -2.39. The number of likely N-dealkylation sites (tertiary alicyclic amines) is 1. The van der Waals surface area contributed by atoms with Crippen LogP contribution in [0.4, 0.5) is 5.69 Å². The Labute approximate surface area is 118 Å². The van der Waals surface area contributed by atoms with Crippen LogP contribution < -0.4 is 5.32 Å². The molecule has 0 bridgehead atoms. The number of piperidine rings is 1. The summed E-state index contributed by atoms with van der Waals surface area (Å²) in [7, 11) is 2.19. The Kier molecular flexibility index (Phi) is 3.80. The predicted octanol–water partition coefficient (Wildman–Crippen LogP) is 3.32. The average molecular weight is 273 g/mol. The summed E-state index contributed by atoms with van der Waals surface area (Å²) in [5, 5.41) is 6.76. The Morgan fingerprint density at radius 3 is 3.16 bits per heavy atom. The molecule has 1 N–H and O–H groups in total. The van der Waals surface area contributed by atoms with Crippen LogP contribution in [-0.2, 0) is 0 Å². The summed E-state index contributed by atoms with van der Waals surface area (Å²) < 4.78 is 0. The molecule has 0 aliphatic carbocycles. The number of benzene rings is 1. The number of rotatable bonds is 3. The topological polar surface area (TPSA) is 28.2 Å². The lowest BCUT2D eigenvalue weighted by molar-refractivity contribution is 0.261. The molecule has 1 aromatic carbocycles. The second kappa shape index (κ2) is 5.72. The van der Waals surface area contributed by atoms with Gasteiger partial charge in [0, 0.05) is 35.4 Å². The fourth-order valence-corrected chi connectivity index (χ4v) is 3.26. The Morgan fingerprint density at radius 1 is 1.42 bits per heavy atom. The Balaban J connectivity index is 1.73. The van der Waals surface area contributed by atoms with Gasteiger partial charge in [-0.05, 0) is 38.6 Å². The van der Waals surface area contributed by atoms with E-state index in [2.05, 4.69) is 46.5 Å². The van der Waals surface area contributed by atoms with Crippen LogP contribution in [0.15, 0.2) is 35.8 Å². The zero-order valence-electron chi connectivity index (χ0n) is 11.2. The quantitative estimate of drug-likeness (QED) is 0.930. The van der Waals surface area contributed by atoms with E-state index < -0.39 is 0 Å². The van der Waals surface area contributed by atoms with Crippen molar-refractivity contribution in [3.05, 3.63) is 35.8 Å². The number of nitrogens with zero attached hydrogens (tertiary/aromatic N) is 2. The molecule has 100 valence electrons. The summed E-state index contributed by atoms with van der Waals surface area (Å²) in [5.41, 5.74) is 2.40. The van der Waals surface area contributed by atoms with E-state index in [9.17, 15) is 0 Å². The van der Waals surface area contributed by atoms with Crippen molar-refractivity contribution in [2.75, 3.05) is 25.5 Å². The summed E-state index contributed by atoms with van der Waals surface area (Å²) in [6.45, 7) is 2.35. The fraction of sp³-hybridized carbons (Fsp3) is 0.400. The van der Waals surface area contributed by atoms with Gasteiger partial charge in [-0.3, -0.25) is 0 Å². The number of thiazole rings is 1. The van der Waals surface area contributed by atoms with E-state index in [0.717, 1.165) is 11.6 Å². The zero-order chi connectivity index (χ0) is 13.1. The Morgan fingerprint density at radius 2 is 2.37 bits per heavy atom. The molecule has 3 nitrogen and oxygen atoms in total. The molecule has 1 aliphatic rings. The maximum absolute atomic E-state index is 4.37. The SMILES string of the molecule is CN1CCCC(Nc2cccc(-c3nccs3)c2)C1. The minimum absolute atomic E-state index is 0.560. The van der Waals surface area contributed by atoms with E-state index in [-0.39, 0.29) is 0 Å². The van der Waals surface area contributed by atoms with Crippen molar-refractivity contribution in [2.24, 2.45) is 0 Å². The Bertz CT molecular complexity index is 524. The van der Waals surface area contributed by atoms with Gasteiger partial charge in [0.05, 0.1) is 0 Å². The van der Waals surface area contributed by atoms with Crippen LogP contribution in [0.2, 0.25) is 0 Å². The maximum Gasteiger partial charge on any atom is 0.123 e. The molecule has 1 atom stereocenters. The highest BCUT2D eigenvalue weighted by molar-refractivity contribution is 7.13. The maximum atomic E-state index is 4.37. The van der Waals surface area contributed by atoms with Crippen molar-refractivity contribution in [2.45, 2.75) is 18.9 Å². The summed E-state index contributed by atoms with van der Waals surface area (Å²) >= 11 is 1.68. The Hall–Kier alpha value is -1.39. The van der Waals surface area contributed by atoms with E-state index in [1.165, 1.54) is 30.6 Å². The molecule has 4 heteroatoms. The minimum atomic E-state index is 0.560. The van der Waals surface area contributed by atoms with Crippen molar-refractivity contribution >= 4 is 17.0 Å². The first-order chi connectivity index (χ1) is 9.31. The molecule has 1 fully saturated rings. The first-order valence-corrected chi connectivity index (χ1v) is 7.64. The lowest BCUT2D eigenvalue weighted by atomic mass is 10.1. The van der Waals surface area contributed by atoms with Crippen molar-refractivity contribution in [3.8, 4) is 10.6 Å². The third kappa shape index (κ3) is 3.14. The van der Waals surface area contributed by atoms with Gasteiger partial charge in [-0.2, -0.15) is 0 Å². The van der Waals surface area contributed by atoms with E-state index in [4.69, 9.17) is 0 Å². The van der Waals surface area contributed by atoms with E-state index in [0.29, 0.717) is 6.04 Å². The number of aromatic nitrogens is 1. The molecule has 0 saturated carbocycles. The van der Waals surface area contributed by atoms with Crippen molar-refractivity contribution in [3.63, 3.8) is 0 Å². The molecule has 19 heavy (non-hydrogen) atoms. The van der Waals surface area contributed by atoms with Gasteiger partial charge in [-0.1, -0.05) is 12.1 Å². The first-order valence-electron chi connectivity index (χ1n) is 6.76. The predicted molar refractivity (Wildman–Crippen MR) is 81.7 cm³/mol. The lowest BCUT2D eigenvalue weighted by Gasteiger charge is -2.31. The molecule has 1 aliphatic heterocycles. The first kappa shape index (κ1) is 12.6. The average Bonchev–Trinajstić information content (AvgIpc) is 2.93. The summed E-state index contributed by atoms with van der Waals surface area (Å²) in [6, 6.07) is 9.13. The third-order valence-corrected chi connectivity index (χ3v) is 4.36. The van der Waals surface area contributed by atoms with Crippen LogP contribution in [0.5, 0.6) is 0 Å². The molecule has 2 aromatic rings. The van der Waals surface area contributed by atoms with Gasteiger partial charge in [0.15, 0.2) is 0 Å². The van der Waals surface area contributed by atoms with Gasteiger partial charge in [-0.25, -0.2) is 4.98 Å². The standard InChI is InChI=1S/C15H19N3S/c1-18-8-3-6-14(11-18)17-13-5-2-4-12(10-13)15-16-7-9-19-15/h2,4-5,7,9-10,14,17H,3,6,8,11H2,1H3. The van der Waals surface area contributed by atoms with Crippen molar-refractivity contribution in [1.82, 2.24) is 9.88 Å². The molecule has 0 radical (unpaired) electrons. The smallest absolute Gasteiger partial charge is 0.123 e. The zero-order valence-corrected chi connectivity index (χ0v) is 12.0. The van der Waals surface area contributed by atoms with Crippen molar-refractivity contribution in [1.29, 1.82) is 0 Å². The molecular formula is C15H19N3S. The van der Waals surface area contributed by atoms with Crippen LogP contribution in [0.1, 0.15) is 12.8 Å². The monoisotopic (exact) mass is 273 g/mol. The molecule has 1 saturated heterocycles. The molecule has 1 unspecified atom stereocenters. The third-order valence-electron chi connectivity index (χ3n) is 3.54. The summed E-state index contributed by atoms with van der Waals surface area (Å²) in [6.07, 6.45) is 4.39. The van der Waals surface area contributed by atoms with E-state index in [1.807, 2.05) is 11.6 Å². The number of anilines is 1. The highest BCUT2D eigenvalue weighted by atomic mass is 32.1. The van der Waals surface area contributed by atoms with Crippen molar-refractivity contribution < 1.29 is 0 Å². The number of likely N-dealkylation sites (N-methyl/N-ethyl adjacent to an activating group) is 1. The summed E-state index contributed by atoms with van der Waals surface area (Å²) in [5.74, 6) is 0. The molecule has 0 spiro atoms. The van der Waals surface area contributed by atoms with Crippen LogP contribution in [-0.4, -0.2) is 36.1 Å². The molecule has 2 heterocycles. The summed E-state index contributed by atoms with van der Waals surface area (Å²) in [4.78, 5) is 6.76. The van der Waals surface area contributed by atoms with Crippen LogP contribution in [0, 0.1) is 0 Å². The van der Waals surface area contributed by atoms with Gasteiger partial charge in [-0.15, -0.1) is 11.3 Å². The molecule has 3 rings (SSSR count). The highest BCUT2D eigenvalue weighted by Gasteiger charge is 2.16. The van der Waals surface area contributed by atoms with E-state index in [1.54, 1.807) is 11.3 Å². The van der Waals surface area contributed by atoms with Gasteiger partial charge >= 0.3 is 0 Å². The molecule has 0 amide bonds. The number of nitrogens with one attached hydrogen (secondary N) is 1. The highest BCUT2D eigenvalue weighted by Crippen LogP contribution is 2.25.